The molecule has 0 unspecified atom stereocenters. The first-order valence-electron chi connectivity index (χ1n) is 9.27. The second-order valence-corrected chi connectivity index (χ2v) is 6.85. The fraction of sp³-hybridized carbons (Fsp3) is 0.350. The van der Waals surface area contributed by atoms with E-state index < -0.39 is 0 Å². The average Bonchev–Trinajstić information content (AvgIpc) is 3.15. The third-order valence-electron chi connectivity index (χ3n) is 5.10. The van der Waals surface area contributed by atoms with E-state index in [1.54, 1.807) is 4.90 Å². The molecule has 0 bridgehead atoms. The molecule has 2 aliphatic rings. The van der Waals surface area contributed by atoms with Gasteiger partial charge in [0, 0.05) is 69.5 Å². The lowest BCUT2D eigenvalue weighted by Crippen LogP contribution is -2.48. The van der Waals surface area contributed by atoms with Crippen LogP contribution in [0.15, 0.2) is 48.8 Å². The van der Waals surface area contributed by atoms with Crippen molar-refractivity contribution in [3.05, 3.63) is 59.9 Å². The molecule has 2 saturated heterocycles. The van der Waals surface area contributed by atoms with E-state index in [-0.39, 0.29) is 11.9 Å². The lowest BCUT2D eigenvalue weighted by Gasteiger charge is -2.34. The molecule has 27 heavy (non-hydrogen) atoms. The molecular weight excluding hydrogens is 342 g/mol. The summed E-state index contributed by atoms with van der Waals surface area (Å²) in [6.07, 6.45) is 3.62. The van der Waals surface area contributed by atoms with Gasteiger partial charge in [0.05, 0.1) is 0 Å². The summed E-state index contributed by atoms with van der Waals surface area (Å²) in [4.78, 5) is 34.5. The number of carbonyl (C=O) groups excluding carboxylic acids is 2. The summed E-state index contributed by atoms with van der Waals surface area (Å²) in [5, 5.41) is 2.78. The average molecular weight is 365 g/mol. The molecule has 0 atom stereocenters. The number of nitrogens with zero attached hydrogens (tertiary/aromatic N) is 4. The van der Waals surface area contributed by atoms with Crippen LogP contribution in [0.2, 0.25) is 0 Å². The van der Waals surface area contributed by atoms with Crippen molar-refractivity contribution in [3.63, 3.8) is 0 Å². The van der Waals surface area contributed by atoms with Crippen LogP contribution in [0.25, 0.3) is 0 Å². The Balaban J connectivity index is 1.33. The first kappa shape index (κ1) is 17.5. The van der Waals surface area contributed by atoms with Gasteiger partial charge in [-0.15, -0.1) is 0 Å². The summed E-state index contributed by atoms with van der Waals surface area (Å²) >= 11 is 0. The molecule has 7 nitrogen and oxygen atoms in total. The number of hydrogen-bond acceptors (Lipinski definition) is 4. The van der Waals surface area contributed by atoms with Gasteiger partial charge >= 0.3 is 6.03 Å². The van der Waals surface area contributed by atoms with Crippen molar-refractivity contribution in [3.8, 4) is 0 Å². The Morgan fingerprint density at radius 3 is 2.30 bits per heavy atom. The predicted octanol–water partition coefficient (Wildman–Crippen LogP) is 1.57. The number of amides is 3. The van der Waals surface area contributed by atoms with Crippen molar-refractivity contribution >= 4 is 17.6 Å². The molecule has 2 fully saturated rings. The lowest BCUT2D eigenvalue weighted by atomic mass is 10.1. The minimum Gasteiger partial charge on any atom is -0.336 e. The number of carbonyl (C=O) groups is 2. The molecule has 0 spiro atoms. The monoisotopic (exact) mass is 365 g/mol. The van der Waals surface area contributed by atoms with Gasteiger partial charge in [-0.3, -0.25) is 19.6 Å². The lowest BCUT2D eigenvalue weighted by molar-refractivity contribution is 0.0628. The standard InChI is InChI=1S/C20H23N5O2/c26-19(17-1-3-18(4-2-17)25-10-9-22-20(25)27)24-13-11-23(12-14-24)15-16-5-7-21-8-6-16/h1-8H,9-15H2,(H,22,27). The minimum atomic E-state index is -0.0839. The maximum atomic E-state index is 12.8. The molecule has 0 aliphatic carbocycles. The largest absolute Gasteiger partial charge is 0.336 e. The quantitative estimate of drug-likeness (QED) is 0.893. The molecule has 3 heterocycles. The van der Waals surface area contributed by atoms with E-state index in [4.69, 9.17) is 0 Å². The number of urea groups is 1. The molecule has 1 N–H and O–H groups in total. The smallest absolute Gasteiger partial charge is 0.321 e. The van der Waals surface area contributed by atoms with Gasteiger partial charge < -0.3 is 10.2 Å². The second kappa shape index (κ2) is 7.75. The van der Waals surface area contributed by atoms with Crippen LogP contribution < -0.4 is 10.2 Å². The topological polar surface area (TPSA) is 68.8 Å². The fourth-order valence-electron chi connectivity index (χ4n) is 3.54. The van der Waals surface area contributed by atoms with Gasteiger partial charge in [-0.05, 0) is 42.0 Å². The third-order valence-corrected chi connectivity index (χ3v) is 5.10. The van der Waals surface area contributed by atoms with Gasteiger partial charge in [0.2, 0.25) is 0 Å². The Morgan fingerprint density at radius 2 is 1.67 bits per heavy atom. The SMILES string of the molecule is O=C(c1ccc(N2CCNC2=O)cc1)N1CCN(Cc2ccncc2)CC1. The molecular formula is C20H23N5O2. The van der Waals surface area contributed by atoms with E-state index in [0.29, 0.717) is 18.7 Å². The van der Waals surface area contributed by atoms with Crippen LogP contribution in [0.3, 0.4) is 0 Å². The molecule has 7 heteroatoms. The number of nitrogens with one attached hydrogen (secondary N) is 1. The summed E-state index contributed by atoms with van der Waals surface area (Å²) in [7, 11) is 0. The first-order valence-corrected chi connectivity index (χ1v) is 9.27. The van der Waals surface area contributed by atoms with Crippen LogP contribution >= 0.6 is 0 Å². The maximum absolute atomic E-state index is 12.8. The van der Waals surface area contributed by atoms with Crippen LogP contribution in [-0.4, -0.2) is 66.0 Å². The molecule has 0 radical (unpaired) electrons. The van der Waals surface area contributed by atoms with Gasteiger partial charge in [0.1, 0.15) is 0 Å². The summed E-state index contributed by atoms with van der Waals surface area (Å²) in [5.74, 6) is 0.0518. The zero-order valence-corrected chi connectivity index (χ0v) is 15.2. The van der Waals surface area contributed by atoms with E-state index >= 15 is 0 Å². The number of hydrogen-bond donors (Lipinski definition) is 1. The summed E-state index contributed by atoms with van der Waals surface area (Å²) in [5.41, 5.74) is 2.73. The van der Waals surface area contributed by atoms with E-state index in [2.05, 4.69) is 15.2 Å². The minimum absolute atomic E-state index is 0.0518. The Hall–Kier alpha value is -2.93. The van der Waals surface area contributed by atoms with Crippen molar-refractivity contribution in [1.82, 2.24) is 20.1 Å². The van der Waals surface area contributed by atoms with Gasteiger partial charge in [-0.2, -0.15) is 0 Å². The van der Waals surface area contributed by atoms with Crippen LogP contribution in [0.5, 0.6) is 0 Å². The summed E-state index contributed by atoms with van der Waals surface area (Å²) in [6.45, 7) is 5.37. The molecule has 1 aromatic carbocycles. The van der Waals surface area contributed by atoms with E-state index in [1.807, 2.05) is 53.7 Å². The Kier molecular flexibility index (Phi) is 5.02. The number of anilines is 1. The number of benzene rings is 1. The number of pyridine rings is 1. The van der Waals surface area contributed by atoms with Gasteiger partial charge in [-0.1, -0.05) is 0 Å². The molecule has 3 amide bonds. The van der Waals surface area contributed by atoms with E-state index in [1.165, 1.54) is 5.56 Å². The van der Waals surface area contributed by atoms with Crippen molar-refractivity contribution < 1.29 is 9.59 Å². The van der Waals surface area contributed by atoms with Crippen molar-refractivity contribution in [2.45, 2.75) is 6.54 Å². The highest BCUT2D eigenvalue weighted by molar-refractivity contribution is 5.97. The summed E-state index contributed by atoms with van der Waals surface area (Å²) < 4.78 is 0. The Labute approximate surface area is 158 Å². The Bertz CT molecular complexity index is 801. The third kappa shape index (κ3) is 3.93. The van der Waals surface area contributed by atoms with Crippen LogP contribution in [0.1, 0.15) is 15.9 Å². The first-order chi connectivity index (χ1) is 13.2. The van der Waals surface area contributed by atoms with Crippen molar-refractivity contribution in [2.75, 3.05) is 44.2 Å². The van der Waals surface area contributed by atoms with Gasteiger partial charge in [0.25, 0.3) is 5.91 Å². The second-order valence-electron chi connectivity index (χ2n) is 6.85. The van der Waals surface area contributed by atoms with Crippen LogP contribution in [0.4, 0.5) is 10.5 Å². The Morgan fingerprint density at radius 1 is 0.963 bits per heavy atom. The molecule has 4 rings (SSSR count). The zero-order valence-electron chi connectivity index (χ0n) is 15.2. The number of rotatable bonds is 4. The molecule has 140 valence electrons. The molecule has 1 aromatic heterocycles. The normalized spacial score (nSPS) is 17.9. The highest BCUT2D eigenvalue weighted by atomic mass is 16.2. The molecule has 2 aliphatic heterocycles. The zero-order chi connectivity index (χ0) is 18.6. The summed E-state index contributed by atoms with van der Waals surface area (Å²) in [6, 6.07) is 11.3. The highest BCUT2D eigenvalue weighted by Crippen LogP contribution is 2.19. The van der Waals surface area contributed by atoms with Gasteiger partial charge in [0.15, 0.2) is 0 Å². The predicted molar refractivity (Wildman–Crippen MR) is 103 cm³/mol. The molecule has 0 saturated carbocycles. The highest BCUT2D eigenvalue weighted by Gasteiger charge is 2.24. The van der Waals surface area contributed by atoms with Gasteiger partial charge in [-0.25, -0.2) is 4.79 Å². The van der Waals surface area contributed by atoms with Crippen LogP contribution in [0, 0.1) is 0 Å². The van der Waals surface area contributed by atoms with E-state index in [0.717, 1.165) is 38.4 Å². The fourth-order valence-corrected chi connectivity index (χ4v) is 3.54. The van der Waals surface area contributed by atoms with Crippen molar-refractivity contribution in [1.29, 1.82) is 0 Å². The maximum Gasteiger partial charge on any atom is 0.321 e. The van der Waals surface area contributed by atoms with Crippen LogP contribution in [-0.2, 0) is 6.54 Å². The van der Waals surface area contributed by atoms with Crippen molar-refractivity contribution in [2.24, 2.45) is 0 Å². The number of aromatic nitrogens is 1. The number of piperazine rings is 1. The molecule has 2 aromatic rings. The van der Waals surface area contributed by atoms with E-state index in [9.17, 15) is 9.59 Å².